The van der Waals surface area contributed by atoms with Crippen molar-refractivity contribution in [1.82, 2.24) is 9.97 Å². The molecule has 0 saturated carbocycles. The number of aromatic nitrogens is 2. The first-order chi connectivity index (χ1) is 10.8. The molecule has 3 rings (SSSR count). The number of nitrogens with zero attached hydrogens (tertiary/aromatic N) is 1. The highest BCUT2D eigenvalue weighted by Gasteiger charge is 2.14. The van der Waals surface area contributed by atoms with Crippen molar-refractivity contribution in [3.63, 3.8) is 0 Å². The van der Waals surface area contributed by atoms with Crippen molar-refractivity contribution in [2.24, 2.45) is 5.73 Å². The van der Waals surface area contributed by atoms with Crippen molar-refractivity contribution in [2.75, 3.05) is 18.4 Å². The largest absolute Gasteiger partial charge is 0.382 e. The highest BCUT2D eigenvalue weighted by molar-refractivity contribution is 6.30. The number of nitrogens with two attached hydrogens (primary N) is 1. The Morgan fingerprint density at radius 1 is 0.960 bits per heavy atom. The third-order valence-electron chi connectivity index (χ3n) is 3.44. The molecule has 0 atom stereocenters. The van der Waals surface area contributed by atoms with E-state index in [-0.39, 0.29) is 37.2 Å². The van der Waals surface area contributed by atoms with Gasteiger partial charge in [0.2, 0.25) is 0 Å². The van der Waals surface area contributed by atoms with Crippen LogP contribution in [0.15, 0.2) is 55.0 Å². The molecule has 0 bridgehead atoms. The maximum absolute atomic E-state index is 5.98. The summed E-state index contributed by atoms with van der Waals surface area (Å²) in [6, 6.07) is 11.8. The third kappa shape index (κ3) is 5.53. The summed E-state index contributed by atoms with van der Waals surface area (Å²) in [4.78, 5) is 7.44. The maximum Gasteiger partial charge on any atom is 0.0604 e. The molecule has 2 heterocycles. The number of halogens is 4. The topological polar surface area (TPSA) is 66.7 Å². The number of rotatable bonds is 5. The predicted octanol–water partition coefficient (Wildman–Crippen LogP) is 5.03. The van der Waals surface area contributed by atoms with Crippen LogP contribution in [0.2, 0.25) is 5.02 Å². The molecular weight excluding hydrogens is 402 g/mol. The second-order valence-corrected chi connectivity index (χ2v) is 5.35. The average Bonchev–Trinajstić information content (AvgIpc) is 2.98. The lowest BCUT2D eigenvalue weighted by Crippen LogP contribution is -2.13. The van der Waals surface area contributed by atoms with Gasteiger partial charge < -0.3 is 16.0 Å². The van der Waals surface area contributed by atoms with Crippen molar-refractivity contribution in [3.05, 3.63) is 60.0 Å². The lowest BCUT2D eigenvalue weighted by atomic mass is 10.0. The molecule has 0 amide bonds. The van der Waals surface area contributed by atoms with Crippen LogP contribution in [0.4, 0.5) is 5.69 Å². The van der Waals surface area contributed by atoms with E-state index >= 15 is 0 Å². The molecule has 0 fully saturated rings. The van der Waals surface area contributed by atoms with Gasteiger partial charge in [-0.15, -0.1) is 37.2 Å². The van der Waals surface area contributed by atoms with Crippen molar-refractivity contribution in [3.8, 4) is 22.4 Å². The van der Waals surface area contributed by atoms with E-state index in [1.54, 1.807) is 12.4 Å². The van der Waals surface area contributed by atoms with E-state index in [1.807, 2.05) is 42.6 Å². The van der Waals surface area contributed by atoms with E-state index in [0.717, 1.165) is 39.6 Å². The number of hydrogen-bond donors (Lipinski definition) is 3. The van der Waals surface area contributed by atoms with E-state index in [9.17, 15) is 0 Å². The summed E-state index contributed by atoms with van der Waals surface area (Å²) in [6.45, 7) is 1.30. The standard InChI is InChI=1S/C17H17ClN4.3ClH/c18-14-3-1-13(2-4-14)17-16(12-5-8-20-9-6-12)15(11-22-17)21-10-7-19;;;/h1-6,8-9,11,21-22H,7,10,19H2;3*1H. The molecule has 1 aromatic carbocycles. The number of nitrogens with one attached hydrogen (secondary N) is 2. The molecule has 25 heavy (non-hydrogen) atoms. The number of aromatic amines is 1. The van der Waals surface area contributed by atoms with Gasteiger partial charge in [-0.05, 0) is 35.4 Å². The smallest absolute Gasteiger partial charge is 0.0604 e. The third-order valence-corrected chi connectivity index (χ3v) is 3.69. The van der Waals surface area contributed by atoms with Crippen LogP contribution >= 0.6 is 48.8 Å². The number of hydrogen-bond acceptors (Lipinski definition) is 3. The molecule has 0 unspecified atom stereocenters. The first kappa shape index (κ1) is 23.6. The first-order valence-corrected chi connectivity index (χ1v) is 7.49. The summed E-state index contributed by atoms with van der Waals surface area (Å²) >= 11 is 5.98. The minimum Gasteiger partial charge on any atom is -0.382 e. The fourth-order valence-electron chi connectivity index (χ4n) is 2.43. The van der Waals surface area contributed by atoms with Crippen LogP contribution in [0, 0.1) is 0 Å². The van der Waals surface area contributed by atoms with E-state index in [2.05, 4.69) is 15.3 Å². The second-order valence-electron chi connectivity index (χ2n) is 4.91. The average molecular weight is 422 g/mol. The monoisotopic (exact) mass is 420 g/mol. The van der Waals surface area contributed by atoms with Crippen LogP contribution in [0.25, 0.3) is 22.4 Å². The van der Waals surface area contributed by atoms with Gasteiger partial charge in [-0.25, -0.2) is 0 Å². The molecule has 2 aromatic heterocycles. The van der Waals surface area contributed by atoms with Gasteiger partial charge in [0.05, 0.1) is 11.4 Å². The molecule has 0 aliphatic carbocycles. The van der Waals surface area contributed by atoms with Gasteiger partial charge in [0.1, 0.15) is 0 Å². The van der Waals surface area contributed by atoms with Gasteiger partial charge in [0, 0.05) is 42.3 Å². The first-order valence-electron chi connectivity index (χ1n) is 7.11. The Labute approximate surface area is 170 Å². The summed E-state index contributed by atoms with van der Waals surface area (Å²) in [7, 11) is 0. The maximum atomic E-state index is 5.98. The van der Waals surface area contributed by atoms with Crippen molar-refractivity contribution in [2.45, 2.75) is 0 Å². The zero-order valence-corrected chi connectivity index (χ0v) is 16.4. The summed E-state index contributed by atoms with van der Waals surface area (Å²) in [5.74, 6) is 0. The van der Waals surface area contributed by atoms with Gasteiger partial charge in [0.15, 0.2) is 0 Å². The highest BCUT2D eigenvalue weighted by atomic mass is 35.5. The Hall–Kier alpha value is -1.43. The van der Waals surface area contributed by atoms with Gasteiger partial charge in [0.25, 0.3) is 0 Å². The van der Waals surface area contributed by atoms with Crippen LogP contribution in [0.1, 0.15) is 0 Å². The van der Waals surface area contributed by atoms with Gasteiger partial charge in [-0.3, -0.25) is 4.98 Å². The van der Waals surface area contributed by atoms with E-state index < -0.39 is 0 Å². The Morgan fingerprint density at radius 3 is 2.20 bits per heavy atom. The van der Waals surface area contributed by atoms with Gasteiger partial charge in [-0.2, -0.15) is 0 Å². The highest BCUT2D eigenvalue weighted by Crippen LogP contribution is 2.37. The van der Waals surface area contributed by atoms with Crippen LogP contribution < -0.4 is 11.1 Å². The minimum atomic E-state index is 0. The molecule has 0 radical (unpaired) electrons. The molecule has 4 N–H and O–H groups in total. The zero-order chi connectivity index (χ0) is 15.4. The van der Waals surface area contributed by atoms with Crippen LogP contribution in [-0.4, -0.2) is 23.1 Å². The quantitative estimate of drug-likeness (QED) is 0.540. The molecule has 4 nitrogen and oxygen atoms in total. The Kier molecular flexibility index (Phi) is 10.6. The predicted molar refractivity (Wildman–Crippen MR) is 114 cm³/mol. The van der Waals surface area contributed by atoms with Crippen molar-refractivity contribution in [1.29, 1.82) is 0 Å². The number of H-pyrrole nitrogens is 1. The Bertz CT molecular complexity index is 745. The van der Waals surface area contributed by atoms with Crippen molar-refractivity contribution < 1.29 is 0 Å². The number of pyridine rings is 1. The molecular formula is C17H20Cl4N4. The zero-order valence-electron chi connectivity index (χ0n) is 13.2. The normalized spacial score (nSPS) is 9.36. The molecule has 0 spiro atoms. The van der Waals surface area contributed by atoms with Gasteiger partial charge >= 0.3 is 0 Å². The minimum absolute atomic E-state index is 0. The molecule has 0 saturated heterocycles. The fourth-order valence-corrected chi connectivity index (χ4v) is 2.56. The van der Waals surface area contributed by atoms with Crippen LogP contribution in [0.3, 0.4) is 0 Å². The fraction of sp³-hybridized carbons (Fsp3) is 0.118. The van der Waals surface area contributed by atoms with Crippen LogP contribution in [0.5, 0.6) is 0 Å². The van der Waals surface area contributed by atoms with Gasteiger partial charge in [-0.1, -0.05) is 23.7 Å². The number of benzene rings is 1. The summed E-state index contributed by atoms with van der Waals surface area (Å²) in [5, 5.41) is 4.08. The molecule has 8 heteroatoms. The molecule has 0 aliphatic heterocycles. The molecule has 0 aliphatic rings. The van der Waals surface area contributed by atoms with E-state index in [4.69, 9.17) is 17.3 Å². The number of anilines is 1. The van der Waals surface area contributed by atoms with Crippen molar-refractivity contribution >= 4 is 54.5 Å². The van der Waals surface area contributed by atoms with Crippen LogP contribution in [-0.2, 0) is 0 Å². The lowest BCUT2D eigenvalue weighted by molar-refractivity contribution is 1.03. The Morgan fingerprint density at radius 2 is 1.60 bits per heavy atom. The summed E-state index contributed by atoms with van der Waals surface area (Å²) in [6.07, 6.45) is 5.55. The summed E-state index contributed by atoms with van der Waals surface area (Å²) < 4.78 is 0. The SMILES string of the molecule is Cl.Cl.Cl.NCCNc1c[nH]c(-c2ccc(Cl)cc2)c1-c1ccncc1. The summed E-state index contributed by atoms with van der Waals surface area (Å²) in [5.41, 5.74) is 11.0. The lowest BCUT2D eigenvalue weighted by Gasteiger charge is -2.09. The molecule has 3 aromatic rings. The van der Waals surface area contributed by atoms with E-state index in [1.165, 1.54) is 0 Å². The van der Waals surface area contributed by atoms with E-state index in [0.29, 0.717) is 6.54 Å². The second kappa shape index (κ2) is 11.2. The Balaban J connectivity index is 0.00000192. The molecule has 136 valence electrons.